The molecule has 0 aliphatic heterocycles. The number of rotatable bonds is 6. The predicted molar refractivity (Wildman–Crippen MR) is 90.2 cm³/mol. The van der Waals surface area contributed by atoms with E-state index in [1.807, 2.05) is 19.1 Å². The topological polar surface area (TPSA) is 29.1 Å². The van der Waals surface area contributed by atoms with Crippen LogP contribution in [0, 0.1) is 5.82 Å². The second-order valence-electron chi connectivity index (χ2n) is 5.44. The SMILES string of the molecule is CC(CCc1ccc(Br)cc1)NC(=O)Cc1cccc(F)c1. The van der Waals surface area contributed by atoms with Crippen LogP contribution in [0.15, 0.2) is 53.0 Å². The summed E-state index contributed by atoms with van der Waals surface area (Å²) in [4.78, 5) is 12.0. The molecular weight excluding hydrogens is 345 g/mol. The Labute approximate surface area is 138 Å². The first kappa shape index (κ1) is 16.7. The third-order valence-corrected chi connectivity index (χ3v) is 3.97. The van der Waals surface area contributed by atoms with Gasteiger partial charge >= 0.3 is 0 Å². The molecule has 0 aliphatic carbocycles. The van der Waals surface area contributed by atoms with Gasteiger partial charge in [0, 0.05) is 10.5 Å². The largest absolute Gasteiger partial charge is 0.353 e. The molecular formula is C18H19BrFNO. The van der Waals surface area contributed by atoms with Crippen LogP contribution in [-0.4, -0.2) is 11.9 Å². The molecule has 4 heteroatoms. The van der Waals surface area contributed by atoms with Crippen molar-refractivity contribution in [3.8, 4) is 0 Å². The highest BCUT2D eigenvalue weighted by Crippen LogP contribution is 2.12. The van der Waals surface area contributed by atoms with Crippen LogP contribution in [0.4, 0.5) is 4.39 Å². The number of amides is 1. The molecule has 2 nitrogen and oxygen atoms in total. The van der Waals surface area contributed by atoms with Gasteiger partial charge in [-0.1, -0.05) is 40.2 Å². The fourth-order valence-electron chi connectivity index (χ4n) is 2.26. The molecule has 0 saturated heterocycles. The molecule has 0 aromatic heterocycles. The third-order valence-electron chi connectivity index (χ3n) is 3.44. The van der Waals surface area contributed by atoms with E-state index in [1.54, 1.807) is 12.1 Å². The van der Waals surface area contributed by atoms with Gasteiger partial charge in [-0.3, -0.25) is 4.79 Å². The van der Waals surface area contributed by atoms with Crippen molar-refractivity contribution in [1.29, 1.82) is 0 Å². The number of nitrogens with one attached hydrogen (secondary N) is 1. The van der Waals surface area contributed by atoms with Gasteiger partial charge in [0.15, 0.2) is 0 Å². The van der Waals surface area contributed by atoms with Gasteiger partial charge < -0.3 is 5.32 Å². The van der Waals surface area contributed by atoms with Crippen molar-refractivity contribution in [1.82, 2.24) is 5.32 Å². The molecule has 0 spiro atoms. The number of carbonyl (C=O) groups excluding carboxylic acids is 1. The van der Waals surface area contributed by atoms with Crippen molar-refractivity contribution < 1.29 is 9.18 Å². The number of halogens is 2. The molecule has 0 heterocycles. The molecule has 0 saturated carbocycles. The quantitative estimate of drug-likeness (QED) is 0.815. The van der Waals surface area contributed by atoms with Crippen LogP contribution in [0.2, 0.25) is 0 Å². The summed E-state index contributed by atoms with van der Waals surface area (Å²) in [5, 5.41) is 2.96. The Kier molecular flexibility index (Phi) is 6.13. The molecule has 0 fully saturated rings. The molecule has 0 aliphatic rings. The molecule has 2 aromatic carbocycles. The Bertz CT molecular complexity index is 627. The molecule has 116 valence electrons. The lowest BCUT2D eigenvalue weighted by Crippen LogP contribution is -2.34. The van der Waals surface area contributed by atoms with E-state index in [2.05, 4.69) is 33.4 Å². The number of hydrogen-bond donors (Lipinski definition) is 1. The first-order valence-electron chi connectivity index (χ1n) is 7.31. The van der Waals surface area contributed by atoms with E-state index < -0.39 is 0 Å². The molecule has 0 radical (unpaired) electrons. The lowest BCUT2D eigenvalue weighted by Gasteiger charge is -2.14. The van der Waals surface area contributed by atoms with Crippen molar-refractivity contribution in [2.24, 2.45) is 0 Å². The van der Waals surface area contributed by atoms with E-state index in [0.717, 1.165) is 17.3 Å². The molecule has 0 bridgehead atoms. The highest BCUT2D eigenvalue weighted by Gasteiger charge is 2.09. The summed E-state index contributed by atoms with van der Waals surface area (Å²) in [6, 6.07) is 14.4. The summed E-state index contributed by atoms with van der Waals surface area (Å²) >= 11 is 3.41. The number of benzene rings is 2. The minimum Gasteiger partial charge on any atom is -0.353 e. The fraction of sp³-hybridized carbons (Fsp3) is 0.278. The van der Waals surface area contributed by atoms with E-state index in [-0.39, 0.29) is 24.2 Å². The second kappa shape index (κ2) is 8.08. The minimum absolute atomic E-state index is 0.0751. The fourth-order valence-corrected chi connectivity index (χ4v) is 2.53. The van der Waals surface area contributed by atoms with Gasteiger partial charge in [-0.2, -0.15) is 0 Å². The molecule has 1 unspecified atom stereocenters. The Morgan fingerprint density at radius 2 is 1.91 bits per heavy atom. The third kappa shape index (κ3) is 5.60. The van der Waals surface area contributed by atoms with Crippen molar-refractivity contribution >= 4 is 21.8 Å². The Hall–Kier alpha value is -1.68. The van der Waals surface area contributed by atoms with Gasteiger partial charge in [-0.25, -0.2) is 4.39 Å². The maximum atomic E-state index is 13.1. The number of carbonyl (C=O) groups is 1. The second-order valence-corrected chi connectivity index (χ2v) is 6.36. The maximum absolute atomic E-state index is 13.1. The van der Waals surface area contributed by atoms with E-state index >= 15 is 0 Å². The highest BCUT2D eigenvalue weighted by molar-refractivity contribution is 9.10. The lowest BCUT2D eigenvalue weighted by molar-refractivity contribution is -0.121. The number of hydrogen-bond acceptors (Lipinski definition) is 1. The predicted octanol–water partition coefficient (Wildman–Crippen LogP) is 4.27. The van der Waals surface area contributed by atoms with Gasteiger partial charge in [0.1, 0.15) is 5.82 Å². The van der Waals surface area contributed by atoms with Gasteiger partial charge in [0.25, 0.3) is 0 Å². The van der Waals surface area contributed by atoms with Gasteiger partial charge in [0.05, 0.1) is 6.42 Å². The zero-order chi connectivity index (χ0) is 15.9. The highest BCUT2D eigenvalue weighted by atomic mass is 79.9. The van der Waals surface area contributed by atoms with Crippen LogP contribution in [0.5, 0.6) is 0 Å². The standard InChI is InChI=1S/C18H19BrFNO/c1-13(5-6-14-7-9-16(19)10-8-14)21-18(22)12-15-3-2-4-17(20)11-15/h2-4,7-11,13H,5-6,12H2,1H3,(H,21,22). The van der Waals surface area contributed by atoms with Crippen LogP contribution in [0.25, 0.3) is 0 Å². The first-order valence-corrected chi connectivity index (χ1v) is 8.10. The van der Waals surface area contributed by atoms with E-state index in [0.29, 0.717) is 5.56 Å². The van der Waals surface area contributed by atoms with Crippen LogP contribution in [-0.2, 0) is 17.6 Å². The lowest BCUT2D eigenvalue weighted by atomic mass is 10.1. The molecule has 1 N–H and O–H groups in total. The summed E-state index contributed by atoms with van der Waals surface area (Å²) in [7, 11) is 0. The normalized spacial score (nSPS) is 12.0. The summed E-state index contributed by atoms with van der Waals surface area (Å²) in [5.74, 6) is -0.387. The van der Waals surface area contributed by atoms with Crippen molar-refractivity contribution in [2.45, 2.75) is 32.2 Å². The molecule has 1 amide bonds. The van der Waals surface area contributed by atoms with Gasteiger partial charge in [-0.05, 0) is 55.2 Å². The van der Waals surface area contributed by atoms with E-state index in [9.17, 15) is 9.18 Å². The maximum Gasteiger partial charge on any atom is 0.224 e. The van der Waals surface area contributed by atoms with Gasteiger partial charge in [0.2, 0.25) is 5.91 Å². The average molecular weight is 364 g/mol. The van der Waals surface area contributed by atoms with Crippen LogP contribution in [0.3, 0.4) is 0 Å². The van der Waals surface area contributed by atoms with Crippen LogP contribution in [0.1, 0.15) is 24.5 Å². The summed E-state index contributed by atoms with van der Waals surface area (Å²) in [6.45, 7) is 1.99. The van der Waals surface area contributed by atoms with Crippen molar-refractivity contribution in [3.05, 3.63) is 69.9 Å². The Balaban J connectivity index is 1.77. The monoisotopic (exact) mass is 363 g/mol. The van der Waals surface area contributed by atoms with Crippen LogP contribution >= 0.6 is 15.9 Å². The number of aryl methyl sites for hydroxylation is 1. The molecule has 2 rings (SSSR count). The summed E-state index contributed by atoms with van der Waals surface area (Å²) < 4.78 is 14.1. The van der Waals surface area contributed by atoms with E-state index in [1.165, 1.54) is 17.7 Å². The van der Waals surface area contributed by atoms with Gasteiger partial charge in [-0.15, -0.1) is 0 Å². The zero-order valence-corrected chi connectivity index (χ0v) is 14.1. The first-order chi connectivity index (χ1) is 10.5. The Morgan fingerprint density at radius 1 is 1.18 bits per heavy atom. The van der Waals surface area contributed by atoms with Crippen LogP contribution < -0.4 is 5.32 Å². The Morgan fingerprint density at radius 3 is 2.59 bits per heavy atom. The van der Waals surface area contributed by atoms with Crippen molar-refractivity contribution in [3.63, 3.8) is 0 Å². The van der Waals surface area contributed by atoms with Crippen molar-refractivity contribution in [2.75, 3.05) is 0 Å². The molecule has 1 atom stereocenters. The van der Waals surface area contributed by atoms with E-state index in [4.69, 9.17) is 0 Å². The average Bonchev–Trinajstić information content (AvgIpc) is 2.46. The minimum atomic E-state index is -0.311. The zero-order valence-electron chi connectivity index (χ0n) is 12.5. The summed E-state index contributed by atoms with van der Waals surface area (Å²) in [6.07, 6.45) is 1.99. The summed E-state index contributed by atoms with van der Waals surface area (Å²) in [5.41, 5.74) is 1.94. The smallest absolute Gasteiger partial charge is 0.224 e. The molecule has 2 aromatic rings. The molecule has 22 heavy (non-hydrogen) atoms.